The molecule has 0 aliphatic heterocycles. The smallest absolute Gasteiger partial charge is 0.406 e. The second-order valence-electron chi connectivity index (χ2n) is 2.73. The number of hydrogen-bond acceptors (Lipinski definition) is 4. The van der Waals surface area contributed by atoms with Gasteiger partial charge in [-0.25, -0.2) is 0 Å². The van der Waals surface area contributed by atoms with Crippen LogP contribution in [0.2, 0.25) is 6.82 Å². The molecular weight excluding hydrogens is 153 g/mol. The third-order valence-corrected chi connectivity index (χ3v) is 1.44. The largest absolute Gasteiger partial charge is 0.433 e. The Morgan fingerprint density at radius 3 is 2.83 bits per heavy atom. The zero-order valence-corrected chi connectivity index (χ0v) is 7.20. The fourth-order valence-corrected chi connectivity index (χ4v) is 0.927. The first-order valence-corrected chi connectivity index (χ1v) is 3.76. The van der Waals surface area contributed by atoms with E-state index in [0.717, 1.165) is 5.69 Å². The van der Waals surface area contributed by atoms with Crippen LogP contribution in [0.15, 0.2) is 12.3 Å². The van der Waals surface area contributed by atoms with E-state index in [-0.39, 0.29) is 0 Å². The molecule has 4 N–H and O–H groups in total. The molecule has 0 radical (unpaired) electrons. The second kappa shape index (κ2) is 3.45. The van der Waals surface area contributed by atoms with Gasteiger partial charge in [0.25, 0.3) is 0 Å². The van der Waals surface area contributed by atoms with Crippen LogP contribution in [0.4, 0.5) is 11.4 Å². The summed E-state index contributed by atoms with van der Waals surface area (Å²) in [5.41, 5.74) is 7.78. The maximum atomic E-state index is 9.01. The molecule has 0 aliphatic rings. The lowest BCUT2D eigenvalue weighted by molar-refractivity contribution is 0.587. The highest BCUT2D eigenvalue weighted by Gasteiger charge is 2.05. The molecule has 64 valence electrons. The van der Waals surface area contributed by atoms with Crippen molar-refractivity contribution in [1.29, 1.82) is 0 Å². The Bertz CT molecular complexity index is 277. The number of rotatable bonds is 2. The van der Waals surface area contributed by atoms with Gasteiger partial charge in [-0.1, -0.05) is 0 Å². The monoisotopic (exact) mass is 165 g/mol. The summed E-state index contributed by atoms with van der Waals surface area (Å²) in [4.78, 5) is 4.04. The quantitative estimate of drug-likeness (QED) is 0.557. The molecule has 0 saturated heterocycles. The molecule has 12 heavy (non-hydrogen) atoms. The SMILES string of the molecule is CB(O)Nc1cnc(C)cc1N. The molecule has 1 aromatic heterocycles. The molecule has 0 amide bonds. The van der Waals surface area contributed by atoms with Gasteiger partial charge in [0.1, 0.15) is 0 Å². The van der Waals surface area contributed by atoms with Crippen LogP contribution in [-0.4, -0.2) is 17.1 Å². The van der Waals surface area contributed by atoms with E-state index in [2.05, 4.69) is 10.2 Å². The lowest BCUT2D eigenvalue weighted by Crippen LogP contribution is -2.20. The van der Waals surface area contributed by atoms with Crippen molar-refractivity contribution in [3.63, 3.8) is 0 Å². The van der Waals surface area contributed by atoms with Crippen molar-refractivity contribution in [3.05, 3.63) is 18.0 Å². The van der Waals surface area contributed by atoms with Crippen LogP contribution >= 0.6 is 0 Å². The lowest BCUT2D eigenvalue weighted by atomic mass is 9.88. The molecule has 0 bridgehead atoms. The number of aryl methyl sites for hydroxylation is 1. The van der Waals surface area contributed by atoms with Gasteiger partial charge in [-0.05, 0) is 19.8 Å². The third kappa shape index (κ3) is 2.13. The first kappa shape index (κ1) is 8.87. The average molecular weight is 165 g/mol. The van der Waals surface area contributed by atoms with Crippen molar-refractivity contribution in [2.75, 3.05) is 11.0 Å². The van der Waals surface area contributed by atoms with E-state index in [0.29, 0.717) is 11.4 Å². The molecule has 0 fully saturated rings. The molecule has 1 rings (SSSR count). The number of hydrogen-bond donors (Lipinski definition) is 3. The molecule has 0 spiro atoms. The number of aromatic nitrogens is 1. The number of nitrogens with two attached hydrogens (primary N) is 1. The highest BCUT2D eigenvalue weighted by molar-refractivity contribution is 6.53. The number of anilines is 2. The van der Waals surface area contributed by atoms with Crippen molar-refractivity contribution in [2.24, 2.45) is 0 Å². The first-order chi connectivity index (χ1) is 5.59. The molecular formula is C7H12BN3O. The van der Waals surface area contributed by atoms with E-state index >= 15 is 0 Å². The molecule has 0 aromatic carbocycles. The molecule has 0 saturated carbocycles. The molecule has 4 nitrogen and oxygen atoms in total. The highest BCUT2D eigenvalue weighted by atomic mass is 16.2. The summed E-state index contributed by atoms with van der Waals surface area (Å²) in [5, 5.41) is 11.8. The first-order valence-electron chi connectivity index (χ1n) is 3.76. The Balaban J connectivity index is 2.86. The summed E-state index contributed by atoms with van der Waals surface area (Å²) in [7, 11) is -0.614. The van der Waals surface area contributed by atoms with Crippen LogP contribution in [0, 0.1) is 6.92 Å². The third-order valence-electron chi connectivity index (χ3n) is 1.44. The number of nitrogen functional groups attached to an aromatic ring is 1. The van der Waals surface area contributed by atoms with E-state index < -0.39 is 7.05 Å². The minimum Gasteiger partial charge on any atom is -0.433 e. The predicted molar refractivity (Wildman–Crippen MR) is 50.8 cm³/mol. The van der Waals surface area contributed by atoms with E-state index in [9.17, 15) is 0 Å². The topological polar surface area (TPSA) is 71.2 Å². The Morgan fingerprint density at radius 1 is 1.67 bits per heavy atom. The highest BCUT2D eigenvalue weighted by Crippen LogP contribution is 2.16. The van der Waals surface area contributed by atoms with Crippen LogP contribution in [0.1, 0.15) is 5.69 Å². The van der Waals surface area contributed by atoms with Crippen molar-refractivity contribution < 1.29 is 5.02 Å². The van der Waals surface area contributed by atoms with E-state index in [1.165, 1.54) is 0 Å². The van der Waals surface area contributed by atoms with Gasteiger partial charge in [0, 0.05) is 5.69 Å². The zero-order valence-electron chi connectivity index (χ0n) is 7.20. The van der Waals surface area contributed by atoms with Gasteiger partial charge in [-0.3, -0.25) is 4.98 Å². The molecule has 5 heteroatoms. The molecule has 1 heterocycles. The van der Waals surface area contributed by atoms with Gasteiger partial charge in [-0.15, -0.1) is 0 Å². The summed E-state index contributed by atoms with van der Waals surface area (Å²) in [6, 6.07) is 1.75. The van der Waals surface area contributed by atoms with Gasteiger partial charge >= 0.3 is 7.05 Å². The van der Waals surface area contributed by atoms with Crippen LogP contribution in [0.5, 0.6) is 0 Å². The van der Waals surface area contributed by atoms with Gasteiger partial charge < -0.3 is 16.0 Å². The van der Waals surface area contributed by atoms with Gasteiger partial charge in [0.2, 0.25) is 0 Å². The van der Waals surface area contributed by atoms with Crippen molar-refractivity contribution >= 4 is 18.4 Å². The van der Waals surface area contributed by atoms with Crippen molar-refractivity contribution in [1.82, 2.24) is 4.98 Å². The van der Waals surface area contributed by atoms with Crippen molar-refractivity contribution in [3.8, 4) is 0 Å². The minimum atomic E-state index is -0.614. The molecule has 0 unspecified atom stereocenters. The maximum Gasteiger partial charge on any atom is 0.406 e. The van der Waals surface area contributed by atoms with Gasteiger partial charge in [0.15, 0.2) is 0 Å². The second-order valence-corrected chi connectivity index (χ2v) is 2.73. The number of pyridine rings is 1. The van der Waals surface area contributed by atoms with Crippen molar-refractivity contribution in [2.45, 2.75) is 13.7 Å². The molecule has 0 aliphatic carbocycles. The zero-order chi connectivity index (χ0) is 9.14. The fraction of sp³-hybridized carbons (Fsp3) is 0.286. The summed E-state index contributed by atoms with van der Waals surface area (Å²) < 4.78 is 0. The lowest BCUT2D eigenvalue weighted by Gasteiger charge is -2.08. The Hall–Kier alpha value is -1.23. The fourth-order valence-electron chi connectivity index (χ4n) is 0.927. The normalized spacial score (nSPS) is 9.58. The van der Waals surface area contributed by atoms with Crippen LogP contribution in [0.3, 0.4) is 0 Å². The summed E-state index contributed by atoms with van der Waals surface area (Å²) in [6.45, 7) is 3.49. The van der Waals surface area contributed by atoms with Crippen LogP contribution < -0.4 is 11.0 Å². The minimum absolute atomic E-state index is 0.600. The predicted octanol–water partition coefficient (Wildman–Crippen LogP) is 0.494. The Labute approximate surface area is 71.9 Å². The Kier molecular flexibility index (Phi) is 2.55. The molecule has 0 atom stereocenters. The van der Waals surface area contributed by atoms with Gasteiger partial charge in [0.05, 0.1) is 17.6 Å². The van der Waals surface area contributed by atoms with Gasteiger partial charge in [-0.2, -0.15) is 0 Å². The maximum absolute atomic E-state index is 9.01. The standard InChI is InChI=1S/C7H12BN3O/c1-5-3-6(9)7(4-10-5)11-8(2)12/h3-4,11-12H,1-2H3,(H2,9,10). The van der Waals surface area contributed by atoms with Crippen LogP contribution in [0.25, 0.3) is 0 Å². The summed E-state index contributed by atoms with van der Waals surface area (Å²) >= 11 is 0. The van der Waals surface area contributed by atoms with Crippen LogP contribution in [-0.2, 0) is 0 Å². The average Bonchev–Trinajstić information content (AvgIpc) is 1.94. The number of nitrogens with one attached hydrogen (secondary N) is 1. The summed E-state index contributed by atoms with van der Waals surface area (Å²) in [6.07, 6.45) is 1.61. The van der Waals surface area contributed by atoms with E-state index in [1.54, 1.807) is 19.1 Å². The molecule has 1 aromatic rings. The Morgan fingerprint density at radius 2 is 2.33 bits per heavy atom. The van der Waals surface area contributed by atoms with E-state index in [1.807, 2.05) is 6.92 Å². The van der Waals surface area contributed by atoms with E-state index in [4.69, 9.17) is 10.8 Å². The number of nitrogens with zero attached hydrogens (tertiary/aromatic N) is 1. The summed E-state index contributed by atoms with van der Waals surface area (Å²) in [5.74, 6) is 0.